The third kappa shape index (κ3) is 5.25. The van der Waals surface area contributed by atoms with Gasteiger partial charge in [0.05, 0.1) is 18.7 Å². The molecule has 4 N–H and O–H groups in total. The molecule has 5 atom stereocenters. The van der Waals surface area contributed by atoms with Crippen LogP contribution in [0.2, 0.25) is 0 Å². The van der Waals surface area contributed by atoms with Gasteiger partial charge in [0.25, 0.3) is 5.88 Å². The topological polar surface area (TPSA) is 158 Å². The highest BCUT2D eigenvalue weighted by Crippen LogP contribution is 2.56. The highest BCUT2D eigenvalue weighted by Gasteiger charge is 2.63. The molecule has 1 saturated heterocycles. The first-order valence-corrected chi connectivity index (χ1v) is 17.6. The van der Waals surface area contributed by atoms with Gasteiger partial charge in [-0.2, -0.15) is 0 Å². The summed E-state index contributed by atoms with van der Waals surface area (Å²) in [6.45, 7) is 4.25. The lowest BCUT2D eigenvalue weighted by Gasteiger charge is -2.47. The number of carbonyl (C=O) groups excluding carboxylic acids is 2. The molecule has 51 heavy (non-hydrogen) atoms. The second kappa shape index (κ2) is 13.0. The Morgan fingerprint density at radius 2 is 1.71 bits per heavy atom. The summed E-state index contributed by atoms with van der Waals surface area (Å²) in [5.41, 5.74) is 7.72. The number of ketones is 2. The van der Waals surface area contributed by atoms with E-state index in [0.717, 1.165) is 42.6 Å². The summed E-state index contributed by atoms with van der Waals surface area (Å²) in [7, 11) is 1.61. The van der Waals surface area contributed by atoms with Gasteiger partial charge in [0, 0.05) is 28.7 Å². The highest BCUT2D eigenvalue weighted by molar-refractivity contribution is 6.16. The van der Waals surface area contributed by atoms with Crippen LogP contribution in [0, 0.1) is 11.8 Å². The van der Waals surface area contributed by atoms with Crippen LogP contribution in [-0.4, -0.2) is 57.6 Å². The van der Waals surface area contributed by atoms with Crippen molar-refractivity contribution in [3.63, 3.8) is 0 Å². The molecule has 1 aliphatic heterocycles. The fourth-order valence-electron chi connectivity index (χ4n) is 8.69. The second-order valence-electron chi connectivity index (χ2n) is 13.9. The van der Waals surface area contributed by atoms with E-state index in [9.17, 15) is 19.8 Å². The molecule has 4 aliphatic rings. The van der Waals surface area contributed by atoms with Gasteiger partial charge >= 0.3 is 0 Å². The molecule has 1 fully saturated rings. The number of nitrogens with two attached hydrogens (primary N) is 1. The molecule has 4 aromatic rings. The van der Waals surface area contributed by atoms with Crippen LogP contribution in [-0.2, 0) is 19.6 Å². The predicted molar refractivity (Wildman–Crippen MR) is 186 cm³/mol. The number of carbonyl (C=O) groups is 2. The minimum absolute atomic E-state index is 0.0242. The minimum Gasteiger partial charge on any atom is -0.508 e. The number of likely N-dealkylation sites (tertiary alicyclic amines) is 1. The lowest BCUT2D eigenvalue weighted by Crippen LogP contribution is -2.58. The van der Waals surface area contributed by atoms with Gasteiger partial charge in [0.15, 0.2) is 17.1 Å². The summed E-state index contributed by atoms with van der Waals surface area (Å²) in [4.78, 5) is 31.5. The van der Waals surface area contributed by atoms with Crippen molar-refractivity contribution in [1.29, 1.82) is 0 Å². The number of Topliss-reactive ketones (excluding diaryl/α,β-unsaturated/α-hetero) is 2. The SMILES string of the molecule is CCN1CCC[C@H]1c1cc(OCc2ccccc2)c2c(c1OC)C[C@H]1C[C@H]3[C@H](N)c4onc(OCc5ccccc5)c4C(=O)[C@@]3(O)C(O)=C1C2=O. The third-order valence-electron chi connectivity index (χ3n) is 11.2. The van der Waals surface area contributed by atoms with Crippen molar-refractivity contribution in [3.8, 4) is 17.4 Å². The number of allylic oxidation sites excluding steroid dienone is 1. The molecule has 0 unspecified atom stereocenters. The second-order valence-corrected chi connectivity index (χ2v) is 13.9. The van der Waals surface area contributed by atoms with E-state index in [4.69, 9.17) is 24.5 Å². The number of rotatable bonds is 9. The Morgan fingerprint density at radius 1 is 1.02 bits per heavy atom. The average Bonchev–Trinajstić information content (AvgIpc) is 3.81. The predicted octanol–water partition coefficient (Wildman–Crippen LogP) is 5.81. The summed E-state index contributed by atoms with van der Waals surface area (Å²) in [6, 6.07) is 19.9. The number of aliphatic hydroxyl groups is 2. The largest absolute Gasteiger partial charge is 0.508 e. The zero-order valence-electron chi connectivity index (χ0n) is 28.6. The maximum absolute atomic E-state index is 14.8. The van der Waals surface area contributed by atoms with E-state index >= 15 is 0 Å². The fourth-order valence-corrected chi connectivity index (χ4v) is 8.69. The average molecular weight is 692 g/mol. The van der Waals surface area contributed by atoms with E-state index in [2.05, 4.69) is 17.0 Å². The van der Waals surface area contributed by atoms with Gasteiger partial charge in [0.2, 0.25) is 5.78 Å². The number of benzene rings is 3. The number of aliphatic hydroxyl groups excluding tert-OH is 1. The zero-order valence-corrected chi connectivity index (χ0v) is 28.6. The number of methoxy groups -OCH3 is 1. The smallest absolute Gasteiger partial charge is 0.265 e. The van der Waals surface area contributed by atoms with Gasteiger partial charge in [0.1, 0.15) is 36.0 Å². The van der Waals surface area contributed by atoms with Gasteiger partial charge in [-0.25, -0.2) is 0 Å². The summed E-state index contributed by atoms with van der Waals surface area (Å²) in [5.74, 6) is -2.72. The van der Waals surface area contributed by atoms with Crippen LogP contribution in [0.25, 0.3) is 0 Å². The summed E-state index contributed by atoms with van der Waals surface area (Å²) in [5, 5.41) is 28.2. The van der Waals surface area contributed by atoms with Gasteiger partial charge in [-0.15, -0.1) is 0 Å². The molecule has 0 bridgehead atoms. The molecule has 8 rings (SSSR count). The molecule has 3 aromatic carbocycles. The molecule has 2 heterocycles. The Hall–Kier alpha value is -4.97. The van der Waals surface area contributed by atoms with E-state index in [1.165, 1.54) is 0 Å². The fraction of sp³-hybridized carbons (Fsp3) is 0.375. The normalized spacial score (nSPS) is 25.6. The van der Waals surface area contributed by atoms with Gasteiger partial charge in [-0.05, 0) is 67.0 Å². The first kappa shape index (κ1) is 33.2. The van der Waals surface area contributed by atoms with E-state index in [0.29, 0.717) is 23.5 Å². The molecule has 3 aliphatic carbocycles. The quantitative estimate of drug-likeness (QED) is 0.195. The van der Waals surface area contributed by atoms with Crippen molar-refractivity contribution < 1.29 is 38.5 Å². The lowest BCUT2D eigenvalue weighted by atomic mass is 9.59. The van der Waals surface area contributed by atoms with Crippen molar-refractivity contribution in [2.45, 2.75) is 63.5 Å². The molecule has 11 heteroatoms. The lowest BCUT2D eigenvalue weighted by molar-refractivity contribution is -0.0356. The van der Waals surface area contributed by atoms with Crippen molar-refractivity contribution in [2.75, 3.05) is 20.2 Å². The standard InChI is InChI=1S/C40H41N3O8/c1-3-43-16-10-15-28(43)25-19-29(49-20-22-11-6-4-7-12-22)31-26(35(25)48-2)17-24-18-27-33(41)36-32(38(46)40(27,47)37(45)30(24)34(31)44)39(42-51-36)50-21-23-13-8-5-9-14-23/h4-9,11-14,19,24,27-28,33,45,47H,3,10,15-18,20-21,41H2,1-2H3/t24-,27-,28-,33-,40-/m0/s1. The van der Waals surface area contributed by atoms with Crippen LogP contribution in [0.4, 0.5) is 0 Å². The number of hydrogen-bond donors (Lipinski definition) is 3. The number of fused-ring (bicyclic) bond motifs is 4. The minimum atomic E-state index is -2.50. The van der Waals surface area contributed by atoms with Crippen LogP contribution in [0.3, 0.4) is 0 Å². The number of nitrogens with zero attached hydrogens (tertiary/aromatic N) is 2. The first-order chi connectivity index (χ1) is 24.8. The molecule has 264 valence electrons. The van der Waals surface area contributed by atoms with E-state index < -0.39 is 40.8 Å². The molecule has 0 saturated carbocycles. The van der Waals surface area contributed by atoms with E-state index in [1.807, 2.05) is 66.7 Å². The molecule has 1 aromatic heterocycles. The van der Waals surface area contributed by atoms with Crippen LogP contribution in [0.5, 0.6) is 17.4 Å². The van der Waals surface area contributed by atoms with E-state index in [1.54, 1.807) is 7.11 Å². The molecular weight excluding hydrogens is 650 g/mol. The number of hydrogen-bond acceptors (Lipinski definition) is 11. The molecule has 0 amide bonds. The monoisotopic (exact) mass is 691 g/mol. The van der Waals surface area contributed by atoms with Crippen molar-refractivity contribution in [2.24, 2.45) is 17.6 Å². The Kier molecular flexibility index (Phi) is 8.44. The van der Waals surface area contributed by atoms with Crippen LogP contribution >= 0.6 is 0 Å². The van der Waals surface area contributed by atoms with Crippen LogP contribution < -0.4 is 19.9 Å². The van der Waals surface area contributed by atoms with Gasteiger partial charge in [-0.1, -0.05) is 67.6 Å². The maximum atomic E-state index is 14.8. The Morgan fingerprint density at radius 3 is 2.37 bits per heavy atom. The number of ether oxygens (including phenoxy) is 3. The number of aromatic nitrogens is 1. The molecular formula is C40H41N3O8. The Labute approximate surface area is 295 Å². The Balaban J connectivity index is 1.22. The summed E-state index contributed by atoms with van der Waals surface area (Å²) >= 11 is 0. The van der Waals surface area contributed by atoms with Gasteiger partial charge in [-0.3, -0.25) is 14.5 Å². The zero-order chi connectivity index (χ0) is 35.4. The maximum Gasteiger partial charge on any atom is 0.265 e. The van der Waals surface area contributed by atoms with Gasteiger partial charge < -0.3 is 34.7 Å². The van der Waals surface area contributed by atoms with Crippen molar-refractivity contribution in [3.05, 3.63) is 117 Å². The van der Waals surface area contributed by atoms with E-state index in [-0.39, 0.29) is 54.0 Å². The Bertz CT molecular complexity index is 2030. The van der Waals surface area contributed by atoms with Crippen molar-refractivity contribution >= 4 is 11.6 Å². The van der Waals surface area contributed by atoms with Crippen LogP contribution in [0.15, 0.2) is 82.6 Å². The third-order valence-corrected chi connectivity index (χ3v) is 11.2. The summed E-state index contributed by atoms with van der Waals surface area (Å²) < 4.78 is 24.0. The highest BCUT2D eigenvalue weighted by atomic mass is 16.5. The van der Waals surface area contributed by atoms with Crippen molar-refractivity contribution in [1.82, 2.24) is 10.1 Å². The molecule has 0 radical (unpaired) electrons. The molecule has 0 spiro atoms. The molecule has 11 nitrogen and oxygen atoms in total. The first-order valence-electron chi connectivity index (χ1n) is 17.6. The summed E-state index contributed by atoms with van der Waals surface area (Å²) in [6.07, 6.45) is 2.41. The van der Waals surface area contributed by atoms with Crippen LogP contribution in [0.1, 0.15) is 87.0 Å².